The van der Waals surface area contributed by atoms with Gasteiger partial charge in [-0.1, -0.05) is 15.9 Å². The predicted octanol–water partition coefficient (Wildman–Crippen LogP) is 2.96. The van der Waals surface area contributed by atoms with Crippen molar-refractivity contribution in [2.45, 2.75) is 0 Å². The molecule has 1 aromatic heterocycles. The SMILES string of the molecule is CNc1nccc(-c2cc(Br)ccc2OC)n1. The topological polar surface area (TPSA) is 47.0 Å². The molecule has 1 heterocycles. The van der Waals surface area contributed by atoms with Crippen molar-refractivity contribution in [3.8, 4) is 17.0 Å². The van der Waals surface area contributed by atoms with Gasteiger partial charge < -0.3 is 10.1 Å². The summed E-state index contributed by atoms with van der Waals surface area (Å²) in [6.45, 7) is 0. The average Bonchev–Trinajstić information content (AvgIpc) is 2.39. The van der Waals surface area contributed by atoms with E-state index in [1.165, 1.54) is 0 Å². The summed E-state index contributed by atoms with van der Waals surface area (Å²) in [5.74, 6) is 1.37. The monoisotopic (exact) mass is 293 g/mol. The van der Waals surface area contributed by atoms with E-state index >= 15 is 0 Å². The van der Waals surface area contributed by atoms with Crippen molar-refractivity contribution in [2.24, 2.45) is 0 Å². The van der Waals surface area contributed by atoms with Crippen LogP contribution in [0.1, 0.15) is 0 Å². The van der Waals surface area contributed by atoms with Gasteiger partial charge in [-0.3, -0.25) is 0 Å². The molecule has 5 heteroatoms. The number of nitrogens with one attached hydrogen (secondary N) is 1. The molecule has 0 saturated heterocycles. The molecule has 2 rings (SSSR count). The van der Waals surface area contributed by atoms with E-state index in [1.807, 2.05) is 24.3 Å². The lowest BCUT2D eigenvalue weighted by Crippen LogP contribution is -1.97. The fourth-order valence-corrected chi connectivity index (χ4v) is 1.87. The quantitative estimate of drug-likeness (QED) is 0.945. The summed E-state index contributed by atoms with van der Waals surface area (Å²) in [6, 6.07) is 7.66. The van der Waals surface area contributed by atoms with Crippen molar-refractivity contribution >= 4 is 21.9 Å². The zero-order chi connectivity index (χ0) is 12.3. The Kier molecular flexibility index (Phi) is 3.58. The molecule has 0 fully saturated rings. The summed E-state index contributed by atoms with van der Waals surface area (Å²) in [6.07, 6.45) is 1.72. The molecule has 1 N–H and O–H groups in total. The first-order valence-corrected chi connectivity index (χ1v) is 5.88. The van der Waals surface area contributed by atoms with Gasteiger partial charge in [0.25, 0.3) is 0 Å². The van der Waals surface area contributed by atoms with Gasteiger partial charge in [-0.2, -0.15) is 0 Å². The number of methoxy groups -OCH3 is 1. The molecular weight excluding hydrogens is 282 g/mol. The Morgan fingerprint density at radius 3 is 2.82 bits per heavy atom. The van der Waals surface area contributed by atoms with E-state index in [0.29, 0.717) is 5.95 Å². The van der Waals surface area contributed by atoms with Crippen molar-refractivity contribution in [3.63, 3.8) is 0 Å². The summed E-state index contributed by atoms with van der Waals surface area (Å²) in [7, 11) is 3.43. The largest absolute Gasteiger partial charge is 0.496 e. The Labute approximate surface area is 108 Å². The molecule has 0 amide bonds. The lowest BCUT2D eigenvalue weighted by Gasteiger charge is -2.09. The lowest BCUT2D eigenvalue weighted by atomic mass is 10.1. The molecule has 0 aliphatic heterocycles. The second-order valence-electron chi connectivity index (χ2n) is 3.36. The number of anilines is 1. The third kappa shape index (κ3) is 2.55. The Balaban J connectivity index is 2.54. The van der Waals surface area contributed by atoms with E-state index in [1.54, 1.807) is 20.4 Å². The maximum Gasteiger partial charge on any atom is 0.222 e. The van der Waals surface area contributed by atoms with E-state index in [-0.39, 0.29) is 0 Å². The van der Waals surface area contributed by atoms with Gasteiger partial charge in [0, 0.05) is 23.3 Å². The molecule has 0 radical (unpaired) electrons. The number of hydrogen-bond donors (Lipinski definition) is 1. The number of rotatable bonds is 3. The van der Waals surface area contributed by atoms with Crippen LogP contribution >= 0.6 is 15.9 Å². The molecule has 0 bridgehead atoms. The number of halogens is 1. The molecule has 0 aliphatic carbocycles. The smallest absolute Gasteiger partial charge is 0.222 e. The molecule has 4 nitrogen and oxygen atoms in total. The Bertz CT molecular complexity index is 531. The Hall–Kier alpha value is -1.62. The molecule has 0 spiro atoms. The normalized spacial score (nSPS) is 10.1. The standard InChI is InChI=1S/C12H12BrN3O/c1-14-12-15-6-5-10(16-12)9-7-8(13)3-4-11(9)17-2/h3-7H,1-2H3,(H,14,15,16). The molecule has 0 unspecified atom stereocenters. The fraction of sp³-hybridized carbons (Fsp3) is 0.167. The minimum absolute atomic E-state index is 0.588. The predicted molar refractivity (Wildman–Crippen MR) is 71.3 cm³/mol. The zero-order valence-electron chi connectivity index (χ0n) is 9.57. The highest BCUT2D eigenvalue weighted by atomic mass is 79.9. The fourth-order valence-electron chi connectivity index (χ4n) is 1.51. The van der Waals surface area contributed by atoms with Crippen LogP contribution in [0, 0.1) is 0 Å². The van der Waals surface area contributed by atoms with Crippen LogP contribution in [0.4, 0.5) is 5.95 Å². The number of nitrogens with zero attached hydrogens (tertiary/aromatic N) is 2. The highest BCUT2D eigenvalue weighted by Crippen LogP contribution is 2.31. The van der Waals surface area contributed by atoms with Gasteiger partial charge >= 0.3 is 0 Å². The van der Waals surface area contributed by atoms with Crippen LogP contribution < -0.4 is 10.1 Å². The van der Waals surface area contributed by atoms with Gasteiger partial charge in [0.15, 0.2) is 0 Å². The number of hydrogen-bond acceptors (Lipinski definition) is 4. The second-order valence-corrected chi connectivity index (χ2v) is 4.28. The Morgan fingerprint density at radius 1 is 1.29 bits per heavy atom. The lowest BCUT2D eigenvalue weighted by molar-refractivity contribution is 0.416. The molecule has 88 valence electrons. The molecule has 17 heavy (non-hydrogen) atoms. The van der Waals surface area contributed by atoms with Crippen molar-refractivity contribution in [2.75, 3.05) is 19.5 Å². The maximum atomic E-state index is 5.33. The maximum absolute atomic E-state index is 5.33. The van der Waals surface area contributed by atoms with E-state index < -0.39 is 0 Å². The van der Waals surface area contributed by atoms with Crippen LogP contribution in [0.25, 0.3) is 11.3 Å². The first-order chi connectivity index (χ1) is 8.24. The summed E-state index contributed by atoms with van der Waals surface area (Å²) in [4.78, 5) is 8.47. The van der Waals surface area contributed by atoms with Gasteiger partial charge in [-0.15, -0.1) is 0 Å². The van der Waals surface area contributed by atoms with Gasteiger partial charge in [0.2, 0.25) is 5.95 Å². The van der Waals surface area contributed by atoms with Gasteiger partial charge in [-0.05, 0) is 24.3 Å². The third-order valence-corrected chi connectivity index (χ3v) is 2.81. The van der Waals surface area contributed by atoms with E-state index in [0.717, 1.165) is 21.5 Å². The summed E-state index contributed by atoms with van der Waals surface area (Å²) in [5, 5.41) is 2.91. The van der Waals surface area contributed by atoms with E-state index in [9.17, 15) is 0 Å². The summed E-state index contributed by atoms with van der Waals surface area (Å²) < 4.78 is 6.31. The van der Waals surface area contributed by atoms with Crippen molar-refractivity contribution in [1.82, 2.24) is 9.97 Å². The highest BCUT2D eigenvalue weighted by molar-refractivity contribution is 9.10. The molecule has 0 aliphatic rings. The molecular formula is C12H12BrN3O. The number of benzene rings is 1. The number of aromatic nitrogens is 2. The first kappa shape index (κ1) is 11.9. The second kappa shape index (κ2) is 5.14. The van der Waals surface area contributed by atoms with Gasteiger partial charge in [0.1, 0.15) is 5.75 Å². The summed E-state index contributed by atoms with van der Waals surface area (Å²) in [5.41, 5.74) is 1.75. The summed E-state index contributed by atoms with van der Waals surface area (Å²) >= 11 is 3.44. The van der Waals surface area contributed by atoms with Crippen molar-refractivity contribution in [1.29, 1.82) is 0 Å². The first-order valence-electron chi connectivity index (χ1n) is 5.09. The number of ether oxygens (including phenoxy) is 1. The zero-order valence-corrected chi connectivity index (χ0v) is 11.2. The van der Waals surface area contributed by atoms with Crippen LogP contribution in [0.2, 0.25) is 0 Å². The minimum Gasteiger partial charge on any atom is -0.496 e. The van der Waals surface area contributed by atoms with Crippen LogP contribution in [0.5, 0.6) is 5.75 Å². The highest BCUT2D eigenvalue weighted by Gasteiger charge is 2.08. The third-order valence-electron chi connectivity index (χ3n) is 2.32. The van der Waals surface area contributed by atoms with Crippen LogP contribution in [0.15, 0.2) is 34.9 Å². The van der Waals surface area contributed by atoms with Crippen molar-refractivity contribution in [3.05, 3.63) is 34.9 Å². The van der Waals surface area contributed by atoms with Crippen LogP contribution in [-0.4, -0.2) is 24.1 Å². The van der Waals surface area contributed by atoms with Crippen LogP contribution in [0.3, 0.4) is 0 Å². The Morgan fingerprint density at radius 2 is 2.12 bits per heavy atom. The average molecular weight is 294 g/mol. The van der Waals surface area contributed by atoms with Gasteiger partial charge in [0.05, 0.1) is 12.8 Å². The van der Waals surface area contributed by atoms with Gasteiger partial charge in [-0.25, -0.2) is 9.97 Å². The molecule has 2 aromatic rings. The molecule has 1 aromatic carbocycles. The molecule has 0 atom stereocenters. The van der Waals surface area contributed by atoms with Crippen molar-refractivity contribution < 1.29 is 4.74 Å². The minimum atomic E-state index is 0.588. The van der Waals surface area contributed by atoms with E-state index in [2.05, 4.69) is 31.2 Å². The van der Waals surface area contributed by atoms with Crippen LogP contribution in [-0.2, 0) is 0 Å². The molecule has 0 saturated carbocycles. The van der Waals surface area contributed by atoms with E-state index in [4.69, 9.17) is 4.74 Å².